The fourth-order valence-electron chi connectivity index (χ4n) is 2.48. The number of aliphatic hydroxyl groups excluding tert-OH is 1. The molecule has 0 saturated heterocycles. The van der Waals surface area contributed by atoms with Crippen molar-refractivity contribution in [2.45, 2.75) is 6.10 Å². The Labute approximate surface area is 190 Å². The van der Waals surface area contributed by atoms with E-state index in [0.717, 1.165) is 10.3 Å². The van der Waals surface area contributed by atoms with Crippen LogP contribution in [0.25, 0.3) is 10.1 Å². The summed E-state index contributed by atoms with van der Waals surface area (Å²) < 4.78 is 6.69. The molecule has 2 heterocycles. The SMILES string of the molecule is CN=C(NCCOc1ncccc1Cl)NCC(O)c1cc2ccccc2s1.I. The van der Waals surface area contributed by atoms with Crippen LogP contribution < -0.4 is 15.4 Å². The largest absolute Gasteiger partial charge is 0.475 e. The molecule has 150 valence electrons. The summed E-state index contributed by atoms with van der Waals surface area (Å²) in [5, 5.41) is 18.3. The van der Waals surface area contributed by atoms with Crippen LogP contribution in [0.1, 0.15) is 11.0 Å². The van der Waals surface area contributed by atoms with E-state index in [4.69, 9.17) is 16.3 Å². The van der Waals surface area contributed by atoms with Crippen molar-refractivity contribution in [3.05, 3.63) is 58.6 Å². The molecule has 3 N–H and O–H groups in total. The van der Waals surface area contributed by atoms with E-state index in [1.165, 1.54) is 4.70 Å². The third kappa shape index (κ3) is 6.20. The van der Waals surface area contributed by atoms with Gasteiger partial charge in [0.1, 0.15) is 17.7 Å². The minimum Gasteiger partial charge on any atom is -0.475 e. The van der Waals surface area contributed by atoms with Gasteiger partial charge in [0.25, 0.3) is 0 Å². The lowest BCUT2D eigenvalue weighted by Gasteiger charge is -2.15. The van der Waals surface area contributed by atoms with Gasteiger partial charge >= 0.3 is 0 Å². The zero-order valence-electron chi connectivity index (χ0n) is 15.3. The van der Waals surface area contributed by atoms with Crippen LogP contribution in [0.5, 0.6) is 5.88 Å². The molecule has 0 saturated carbocycles. The van der Waals surface area contributed by atoms with Gasteiger partial charge in [-0.3, -0.25) is 4.99 Å². The summed E-state index contributed by atoms with van der Waals surface area (Å²) in [4.78, 5) is 9.14. The summed E-state index contributed by atoms with van der Waals surface area (Å²) in [7, 11) is 1.68. The van der Waals surface area contributed by atoms with Crippen molar-refractivity contribution >= 4 is 63.0 Å². The second-order valence-electron chi connectivity index (χ2n) is 5.72. The summed E-state index contributed by atoms with van der Waals surface area (Å²) in [5.74, 6) is 0.995. The first-order valence-electron chi connectivity index (χ1n) is 8.51. The molecular weight excluding hydrogens is 511 g/mol. The summed E-state index contributed by atoms with van der Waals surface area (Å²) >= 11 is 7.59. The number of hydrogen-bond donors (Lipinski definition) is 3. The number of nitrogens with one attached hydrogen (secondary N) is 2. The third-order valence-electron chi connectivity index (χ3n) is 3.82. The predicted octanol–water partition coefficient (Wildman–Crippen LogP) is 3.85. The average Bonchev–Trinajstić information content (AvgIpc) is 3.13. The highest BCUT2D eigenvalue weighted by molar-refractivity contribution is 14.0. The molecule has 2 aromatic heterocycles. The monoisotopic (exact) mass is 532 g/mol. The van der Waals surface area contributed by atoms with Crippen LogP contribution in [0.2, 0.25) is 5.02 Å². The molecule has 0 radical (unpaired) electrons. The van der Waals surface area contributed by atoms with E-state index in [9.17, 15) is 5.11 Å². The molecule has 3 rings (SSSR count). The molecular formula is C19H22ClIN4O2S. The van der Waals surface area contributed by atoms with E-state index in [0.29, 0.717) is 36.6 Å². The normalized spacial score (nSPS) is 12.3. The molecule has 0 bridgehead atoms. The Morgan fingerprint density at radius 1 is 1.29 bits per heavy atom. The van der Waals surface area contributed by atoms with Crippen molar-refractivity contribution in [2.24, 2.45) is 4.99 Å². The van der Waals surface area contributed by atoms with Crippen molar-refractivity contribution in [2.75, 3.05) is 26.7 Å². The standard InChI is InChI=1S/C19H21ClN4O2S.HI/c1-21-19(23-9-10-26-18-14(20)6-4-8-22-18)24-12-15(25)17-11-13-5-2-3-7-16(13)27-17;/h2-8,11,15,25H,9-10,12H2,1H3,(H2,21,23,24);1H. The maximum atomic E-state index is 10.4. The van der Waals surface area contributed by atoms with Crippen LogP contribution in [0.4, 0.5) is 0 Å². The summed E-state index contributed by atoms with van der Waals surface area (Å²) in [6, 6.07) is 13.6. The number of aliphatic hydroxyl groups is 1. The van der Waals surface area contributed by atoms with Gasteiger partial charge in [-0.2, -0.15) is 0 Å². The smallest absolute Gasteiger partial charge is 0.232 e. The van der Waals surface area contributed by atoms with Crippen LogP contribution in [0, 0.1) is 0 Å². The Bertz CT molecular complexity index is 889. The van der Waals surface area contributed by atoms with Gasteiger partial charge in [0.2, 0.25) is 5.88 Å². The van der Waals surface area contributed by atoms with E-state index in [2.05, 4.69) is 26.7 Å². The van der Waals surface area contributed by atoms with Gasteiger partial charge < -0.3 is 20.5 Å². The molecule has 6 nitrogen and oxygen atoms in total. The Kier molecular flexibility index (Phi) is 9.23. The van der Waals surface area contributed by atoms with Crippen molar-refractivity contribution in [1.82, 2.24) is 15.6 Å². The van der Waals surface area contributed by atoms with E-state index >= 15 is 0 Å². The van der Waals surface area contributed by atoms with E-state index in [-0.39, 0.29) is 24.0 Å². The number of halogens is 2. The van der Waals surface area contributed by atoms with Crippen molar-refractivity contribution in [3.63, 3.8) is 0 Å². The van der Waals surface area contributed by atoms with Gasteiger partial charge in [0.05, 0.1) is 6.54 Å². The molecule has 1 atom stereocenters. The molecule has 0 spiro atoms. The third-order valence-corrected chi connectivity index (χ3v) is 5.32. The Morgan fingerprint density at radius 3 is 2.86 bits per heavy atom. The number of thiophene rings is 1. The molecule has 28 heavy (non-hydrogen) atoms. The number of ether oxygens (including phenoxy) is 1. The van der Waals surface area contributed by atoms with Crippen molar-refractivity contribution < 1.29 is 9.84 Å². The lowest BCUT2D eigenvalue weighted by Crippen LogP contribution is -2.41. The summed E-state index contributed by atoms with van der Waals surface area (Å²) in [6.45, 7) is 1.27. The molecule has 0 aliphatic heterocycles. The molecule has 3 aromatic rings. The number of nitrogens with zero attached hydrogens (tertiary/aromatic N) is 2. The fraction of sp³-hybridized carbons (Fsp3) is 0.263. The van der Waals surface area contributed by atoms with E-state index < -0.39 is 6.10 Å². The summed E-state index contributed by atoms with van der Waals surface area (Å²) in [5.41, 5.74) is 0. The number of rotatable bonds is 7. The number of guanidine groups is 1. The summed E-state index contributed by atoms with van der Waals surface area (Å²) in [6.07, 6.45) is 1.02. The van der Waals surface area contributed by atoms with E-state index in [1.54, 1.807) is 36.7 Å². The van der Waals surface area contributed by atoms with Gasteiger partial charge in [0.15, 0.2) is 5.96 Å². The topological polar surface area (TPSA) is 78.8 Å². The Balaban J connectivity index is 0.00000280. The first-order valence-corrected chi connectivity index (χ1v) is 9.71. The van der Waals surface area contributed by atoms with Gasteiger partial charge in [-0.1, -0.05) is 29.8 Å². The second-order valence-corrected chi connectivity index (χ2v) is 7.24. The van der Waals surface area contributed by atoms with Crippen LogP contribution in [0.3, 0.4) is 0 Å². The second kappa shape index (κ2) is 11.4. The highest BCUT2D eigenvalue weighted by Crippen LogP contribution is 2.29. The van der Waals surface area contributed by atoms with Gasteiger partial charge in [-0.05, 0) is 29.7 Å². The molecule has 0 fully saturated rings. The van der Waals surface area contributed by atoms with Crippen LogP contribution in [0.15, 0.2) is 53.7 Å². The quantitative estimate of drug-likeness (QED) is 0.187. The van der Waals surface area contributed by atoms with Crippen LogP contribution in [-0.4, -0.2) is 42.8 Å². The molecule has 0 aliphatic rings. The number of fused-ring (bicyclic) bond motifs is 1. The van der Waals surface area contributed by atoms with Gasteiger partial charge in [-0.15, -0.1) is 35.3 Å². The van der Waals surface area contributed by atoms with Crippen molar-refractivity contribution in [1.29, 1.82) is 0 Å². The highest BCUT2D eigenvalue weighted by Gasteiger charge is 2.12. The number of benzene rings is 1. The Morgan fingerprint density at radius 2 is 2.11 bits per heavy atom. The first kappa shape index (κ1) is 22.7. The maximum Gasteiger partial charge on any atom is 0.232 e. The predicted molar refractivity (Wildman–Crippen MR) is 126 cm³/mol. The number of aromatic nitrogens is 1. The zero-order valence-corrected chi connectivity index (χ0v) is 19.2. The zero-order chi connectivity index (χ0) is 19.1. The Hall–Kier alpha value is -1.62. The minimum absolute atomic E-state index is 0. The molecule has 1 unspecified atom stereocenters. The molecule has 9 heteroatoms. The lowest BCUT2D eigenvalue weighted by atomic mass is 10.2. The number of pyridine rings is 1. The highest BCUT2D eigenvalue weighted by atomic mass is 127. The fourth-order valence-corrected chi connectivity index (χ4v) is 3.70. The molecule has 0 amide bonds. The van der Waals surface area contributed by atoms with Gasteiger partial charge in [-0.25, -0.2) is 4.98 Å². The van der Waals surface area contributed by atoms with Crippen LogP contribution in [-0.2, 0) is 0 Å². The van der Waals surface area contributed by atoms with E-state index in [1.807, 2.05) is 24.3 Å². The average molecular weight is 533 g/mol. The minimum atomic E-state index is -0.607. The van der Waals surface area contributed by atoms with Gasteiger partial charge in [0, 0.05) is 29.4 Å². The maximum absolute atomic E-state index is 10.4. The molecule has 1 aromatic carbocycles. The number of hydrogen-bond acceptors (Lipinski definition) is 5. The first-order chi connectivity index (χ1) is 13.2. The lowest BCUT2D eigenvalue weighted by molar-refractivity contribution is 0.184. The van der Waals surface area contributed by atoms with Crippen molar-refractivity contribution in [3.8, 4) is 5.88 Å². The molecule has 0 aliphatic carbocycles. The number of aliphatic imine (C=N–C) groups is 1. The van der Waals surface area contributed by atoms with Crippen LogP contribution >= 0.6 is 46.9 Å².